The normalized spacial score (nSPS) is 10.8. The molecule has 104 valence electrons. The van der Waals surface area contributed by atoms with Crippen LogP contribution in [0, 0.1) is 5.82 Å². The molecule has 0 aliphatic carbocycles. The topological polar surface area (TPSA) is 20.2 Å². The van der Waals surface area contributed by atoms with E-state index >= 15 is 0 Å². The Labute approximate surface area is 123 Å². The fourth-order valence-electron chi connectivity index (χ4n) is 2.58. The molecule has 0 spiro atoms. The van der Waals surface area contributed by atoms with E-state index in [0.717, 1.165) is 16.7 Å². The summed E-state index contributed by atoms with van der Waals surface area (Å²) in [6.07, 6.45) is 0. The van der Waals surface area contributed by atoms with E-state index in [0.29, 0.717) is 0 Å². The third-order valence-corrected chi connectivity index (χ3v) is 3.57. The van der Waals surface area contributed by atoms with Crippen molar-refractivity contribution in [1.29, 1.82) is 0 Å². The fourth-order valence-corrected chi connectivity index (χ4v) is 2.58. The molecule has 0 radical (unpaired) electrons. The first kappa shape index (κ1) is 13.4. The number of hydrogen-bond acceptors (Lipinski definition) is 1. The van der Waals surface area contributed by atoms with Crippen molar-refractivity contribution in [2.75, 3.05) is 0 Å². The van der Waals surface area contributed by atoms with Crippen LogP contribution < -0.4 is 0 Å². The minimum atomic E-state index is -0.598. The van der Waals surface area contributed by atoms with Crippen molar-refractivity contribution in [2.45, 2.75) is 5.92 Å². The van der Waals surface area contributed by atoms with Crippen molar-refractivity contribution in [3.05, 3.63) is 101 Å². The van der Waals surface area contributed by atoms with Gasteiger partial charge in [-0.1, -0.05) is 66.7 Å². The van der Waals surface area contributed by atoms with Crippen LogP contribution in [0.1, 0.15) is 22.6 Å². The Morgan fingerprint density at radius 3 is 1.67 bits per heavy atom. The van der Waals surface area contributed by atoms with Gasteiger partial charge in [0.25, 0.3) is 0 Å². The lowest BCUT2D eigenvalue weighted by Gasteiger charge is -2.19. The molecule has 0 fully saturated rings. The maximum atomic E-state index is 13.3. The molecule has 3 rings (SSSR count). The summed E-state index contributed by atoms with van der Waals surface area (Å²) in [5.74, 6) is -0.943. The van der Waals surface area contributed by atoms with E-state index in [1.165, 1.54) is 12.1 Å². The van der Waals surface area contributed by atoms with Gasteiger partial charge in [0.2, 0.25) is 0 Å². The van der Waals surface area contributed by atoms with E-state index in [1.54, 1.807) is 6.07 Å². The van der Waals surface area contributed by atoms with Crippen LogP contribution in [0.2, 0.25) is 0 Å². The van der Waals surface area contributed by atoms with Gasteiger partial charge in [-0.05, 0) is 28.8 Å². The number of halogens is 1. The minimum Gasteiger partial charge on any atom is -0.505 e. The molecule has 1 N–H and O–H groups in total. The van der Waals surface area contributed by atoms with Crippen molar-refractivity contribution in [1.82, 2.24) is 0 Å². The maximum absolute atomic E-state index is 13.3. The number of hydrogen-bond donors (Lipinski definition) is 1. The molecule has 3 aromatic carbocycles. The molecule has 0 atom stereocenters. The summed E-state index contributed by atoms with van der Waals surface area (Å²) < 4.78 is 13.3. The molecule has 0 aliphatic heterocycles. The van der Waals surface area contributed by atoms with Gasteiger partial charge in [0.1, 0.15) is 0 Å². The fraction of sp³-hybridized carbons (Fsp3) is 0.0526. The second-order valence-electron chi connectivity index (χ2n) is 4.97. The van der Waals surface area contributed by atoms with Crippen LogP contribution in [0.15, 0.2) is 78.9 Å². The van der Waals surface area contributed by atoms with E-state index < -0.39 is 5.82 Å². The highest BCUT2D eigenvalue weighted by Gasteiger charge is 2.17. The summed E-state index contributed by atoms with van der Waals surface area (Å²) in [4.78, 5) is 0. The molecule has 21 heavy (non-hydrogen) atoms. The zero-order chi connectivity index (χ0) is 14.7. The minimum absolute atomic E-state index is 0.0288. The summed E-state index contributed by atoms with van der Waals surface area (Å²) >= 11 is 0. The molecular formula is C19H15FO. The highest BCUT2D eigenvalue weighted by molar-refractivity contribution is 5.45. The second-order valence-corrected chi connectivity index (χ2v) is 4.97. The van der Waals surface area contributed by atoms with Crippen molar-refractivity contribution < 1.29 is 9.50 Å². The summed E-state index contributed by atoms with van der Waals surface area (Å²) in [5, 5.41) is 9.67. The lowest BCUT2D eigenvalue weighted by Crippen LogP contribution is -2.03. The first-order valence-electron chi connectivity index (χ1n) is 6.84. The lowest BCUT2D eigenvalue weighted by atomic mass is 9.85. The zero-order valence-corrected chi connectivity index (χ0v) is 11.4. The average Bonchev–Trinajstić information content (AvgIpc) is 2.53. The van der Waals surface area contributed by atoms with Crippen LogP contribution >= 0.6 is 0 Å². The Balaban J connectivity index is 2.14. The van der Waals surface area contributed by atoms with Crippen LogP contribution in [-0.4, -0.2) is 5.11 Å². The molecule has 2 heteroatoms. The number of phenols is 1. The molecule has 0 aromatic heterocycles. The largest absolute Gasteiger partial charge is 0.505 e. The van der Waals surface area contributed by atoms with Crippen LogP contribution in [0.4, 0.5) is 4.39 Å². The van der Waals surface area contributed by atoms with Crippen LogP contribution in [0.25, 0.3) is 0 Å². The van der Waals surface area contributed by atoms with Gasteiger partial charge in [-0.25, -0.2) is 4.39 Å². The lowest BCUT2D eigenvalue weighted by molar-refractivity contribution is 0.431. The van der Waals surface area contributed by atoms with Gasteiger partial charge in [-0.3, -0.25) is 0 Å². The molecule has 0 heterocycles. The van der Waals surface area contributed by atoms with Gasteiger partial charge >= 0.3 is 0 Å². The third kappa shape index (κ3) is 2.79. The monoisotopic (exact) mass is 278 g/mol. The van der Waals surface area contributed by atoms with Gasteiger partial charge in [-0.2, -0.15) is 0 Å². The highest BCUT2D eigenvalue weighted by atomic mass is 19.1. The molecule has 0 unspecified atom stereocenters. The number of phenolic OH excluding ortho intramolecular Hbond substituents is 1. The Kier molecular flexibility index (Phi) is 3.69. The van der Waals surface area contributed by atoms with E-state index in [-0.39, 0.29) is 11.7 Å². The highest BCUT2D eigenvalue weighted by Crippen LogP contribution is 2.33. The first-order valence-corrected chi connectivity index (χ1v) is 6.84. The summed E-state index contributed by atoms with van der Waals surface area (Å²) in [7, 11) is 0. The Morgan fingerprint density at radius 2 is 1.19 bits per heavy atom. The van der Waals surface area contributed by atoms with Gasteiger partial charge < -0.3 is 5.11 Å². The van der Waals surface area contributed by atoms with E-state index in [2.05, 4.69) is 0 Å². The van der Waals surface area contributed by atoms with Crippen molar-refractivity contribution in [3.63, 3.8) is 0 Å². The Hall–Kier alpha value is -2.61. The quantitative estimate of drug-likeness (QED) is 0.688. The second kappa shape index (κ2) is 5.80. The summed E-state index contributed by atoms with van der Waals surface area (Å²) in [5.41, 5.74) is 3.08. The number of rotatable bonds is 3. The molecule has 3 aromatic rings. The predicted octanol–water partition coefficient (Wildman–Crippen LogP) is 4.71. The first-order chi connectivity index (χ1) is 10.3. The van der Waals surface area contributed by atoms with Crippen molar-refractivity contribution >= 4 is 0 Å². The van der Waals surface area contributed by atoms with Crippen LogP contribution in [0.3, 0.4) is 0 Å². The standard InChI is InChI=1S/C19H15FO/c20-17-12-11-16(13-18(17)21)19(14-7-3-1-4-8-14)15-9-5-2-6-10-15/h1-13,19,21H. The van der Waals surface area contributed by atoms with E-state index in [1.807, 2.05) is 60.7 Å². The van der Waals surface area contributed by atoms with Crippen LogP contribution in [-0.2, 0) is 0 Å². The van der Waals surface area contributed by atoms with E-state index in [4.69, 9.17) is 0 Å². The molecule has 0 aliphatic rings. The number of aromatic hydroxyl groups is 1. The summed E-state index contributed by atoms with van der Waals surface area (Å²) in [6, 6.07) is 24.5. The molecular weight excluding hydrogens is 263 g/mol. The predicted molar refractivity (Wildman–Crippen MR) is 81.9 cm³/mol. The van der Waals surface area contributed by atoms with Gasteiger partial charge in [0.05, 0.1) is 0 Å². The van der Waals surface area contributed by atoms with Gasteiger partial charge in [0.15, 0.2) is 11.6 Å². The van der Waals surface area contributed by atoms with Crippen molar-refractivity contribution in [2.24, 2.45) is 0 Å². The number of benzene rings is 3. The Bertz CT molecular complexity index is 684. The third-order valence-electron chi connectivity index (χ3n) is 3.57. The molecule has 1 nitrogen and oxygen atoms in total. The SMILES string of the molecule is Oc1cc(C(c2ccccc2)c2ccccc2)ccc1F. The van der Waals surface area contributed by atoms with Crippen molar-refractivity contribution in [3.8, 4) is 5.75 Å². The average molecular weight is 278 g/mol. The Morgan fingerprint density at radius 1 is 0.667 bits per heavy atom. The molecule has 0 saturated heterocycles. The molecule has 0 bridgehead atoms. The maximum Gasteiger partial charge on any atom is 0.164 e. The zero-order valence-electron chi connectivity index (χ0n) is 11.4. The molecule has 0 amide bonds. The van der Waals surface area contributed by atoms with Gasteiger partial charge in [-0.15, -0.1) is 0 Å². The molecule has 0 saturated carbocycles. The van der Waals surface area contributed by atoms with Crippen LogP contribution in [0.5, 0.6) is 5.75 Å². The smallest absolute Gasteiger partial charge is 0.164 e. The van der Waals surface area contributed by atoms with E-state index in [9.17, 15) is 9.50 Å². The summed E-state index contributed by atoms with van der Waals surface area (Å²) in [6.45, 7) is 0. The van der Waals surface area contributed by atoms with Gasteiger partial charge in [0, 0.05) is 5.92 Å².